The maximum Gasteiger partial charge on any atom is 0.306 e. The maximum absolute atomic E-state index is 12.2. The van der Waals surface area contributed by atoms with Crippen molar-refractivity contribution in [1.82, 2.24) is 4.90 Å². The molecule has 1 aliphatic rings. The van der Waals surface area contributed by atoms with Gasteiger partial charge in [-0.05, 0) is 31.9 Å². The van der Waals surface area contributed by atoms with Gasteiger partial charge in [-0.25, -0.2) is 8.42 Å². The number of likely N-dealkylation sites (N-methyl/N-ethyl adjacent to an activating group) is 1. The number of hydrogen-bond donors (Lipinski definition) is 0. The first-order chi connectivity index (χ1) is 12.4. The third-order valence-electron chi connectivity index (χ3n) is 4.20. The molecule has 144 valence electrons. The summed E-state index contributed by atoms with van der Waals surface area (Å²) < 4.78 is 33.6. The van der Waals surface area contributed by atoms with Crippen LogP contribution in [0.1, 0.15) is 26.2 Å². The van der Waals surface area contributed by atoms with Gasteiger partial charge in [-0.15, -0.1) is 0 Å². The Morgan fingerprint density at radius 1 is 1.23 bits per heavy atom. The summed E-state index contributed by atoms with van der Waals surface area (Å²) in [4.78, 5) is 25.5. The Bertz CT molecular complexity index is 704. The van der Waals surface area contributed by atoms with E-state index in [-0.39, 0.29) is 36.5 Å². The number of esters is 1. The number of carbonyl (C=O) groups is 2. The highest BCUT2D eigenvalue weighted by Crippen LogP contribution is 2.18. The molecular weight excluding hydrogens is 358 g/mol. The largest absolute Gasteiger partial charge is 0.494 e. The first-order valence-corrected chi connectivity index (χ1v) is 10.6. The minimum atomic E-state index is -3.07. The summed E-state index contributed by atoms with van der Waals surface area (Å²) in [7, 11) is -3.07. The number of hydrogen-bond acceptors (Lipinski definition) is 6. The molecule has 1 saturated heterocycles. The van der Waals surface area contributed by atoms with Gasteiger partial charge in [0, 0.05) is 19.0 Å². The molecule has 1 aromatic rings. The second-order valence-electron chi connectivity index (χ2n) is 6.16. The number of ether oxygens (including phenoxy) is 2. The quantitative estimate of drug-likeness (QED) is 0.473. The molecule has 2 rings (SSSR count). The molecule has 1 heterocycles. The lowest BCUT2D eigenvalue weighted by Crippen LogP contribution is -2.43. The van der Waals surface area contributed by atoms with Gasteiger partial charge in [0.1, 0.15) is 5.75 Å². The number of carbonyl (C=O) groups excluding carboxylic acids is 2. The van der Waals surface area contributed by atoms with E-state index in [0.29, 0.717) is 26.0 Å². The topological polar surface area (TPSA) is 90.0 Å². The SMILES string of the molecule is CCN(C(=O)COC(=O)CCCOc1ccccc1)C1CCS(=O)(=O)C1. The first-order valence-electron chi connectivity index (χ1n) is 8.74. The summed E-state index contributed by atoms with van der Waals surface area (Å²) in [6.07, 6.45) is 1.08. The number of sulfone groups is 1. The monoisotopic (exact) mass is 383 g/mol. The van der Waals surface area contributed by atoms with Crippen LogP contribution in [0.25, 0.3) is 0 Å². The minimum Gasteiger partial charge on any atom is -0.494 e. The van der Waals surface area contributed by atoms with Gasteiger partial charge in [0.05, 0.1) is 18.1 Å². The van der Waals surface area contributed by atoms with Gasteiger partial charge in [-0.2, -0.15) is 0 Å². The maximum atomic E-state index is 12.2. The zero-order chi connectivity index (χ0) is 19.0. The number of benzene rings is 1. The average molecular weight is 383 g/mol. The summed E-state index contributed by atoms with van der Waals surface area (Å²) in [5, 5.41) is 0. The predicted octanol–water partition coefficient (Wildman–Crippen LogP) is 1.42. The molecule has 1 aliphatic heterocycles. The summed E-state index contributed by atoms with van der Waals surface area (Å²) in [6, 6.07) is 8.96. The Labute approximate surface area is 154 Å². The van der Waals surface area contributed by atoms with Crippen LogP contribution in [0.2, 0.25) is 0 Å². The van der Waals surface area contributed by atoms with Crippen molar-refractivity contribution in [3.05, 3.63) is 30.3 Å². The third kappa shape index (κ3) is 6.33. The van der Waals surface area contributed by atoms with E-state index in [1.807, 2.05) is 30.3 Å². The van der Waals surface area contributed by atoms with Crippen LogP contribution in [0.4, 0.5) is 0 Å². The smallest absolute Gasteiger partial charge is 0.306 e. The second kappa shape index (κ2) is 9.56. The lowest BCUT2D eigenvalue weighted by Gasteiger charge is -2.26. The fraction of sp³-hybridized carbons (Fsp3) is 0.556. The van der Waals surface area contributed by atoms with E-state index in [4.69, 9.17) is 9.47 Å². The zero-order valence-electron chi connectivity index (χ0n) is 14.9. The van der Waals surface area contributed by atoms with Crippen LogP contribution in [0, 0.1) is 0 Å². The van der Waals surface area contributed by atoms with Crippen molar-refractivity contribution in [3.8, 4) is 5.75 Å². The van der Waals surface area contributed by atoms with Crippen molar-refractivity contribution in [2.45, 2.75) is 32.2 Å². The van der Waals surface area contributed by atoms with Gasteiger partial charge in [0.25, 0.3) is 5.91 Å². The molecule has 0 radical (unpaired) electrons. The van der Waals surface area contributed by atoms with E-state index in [0.717, 1.165) is 5.75 Å². The number of rotatable bonds is 9. The van der Waals surface area contributed by atoms with Crippen molar-refractivity contribution >= 4 is 21.7 Å². The highest BCUT2D eigenvalue weighted by molar-refractivity contribution is 7.91. The van der Waals surface area contributed by atoms with Gasteiger partial charge in [-0.1, -0.05) is 18.2 Å². The zero-order valence-corrected chi connectivity index (χ0v) is 15.7. The minimum absolute atomic E-state index is 0.0165. The summed E-state index contributed by atoms with van der Waals surface area (Å²) >= 11 is 0. The van der Waals surface area contributed by atoms with Crippen LogP contribution in [0.15, 0.2) is 30.3 Å². The van der Waals surface area contributed by atoms with Gasteiger partial charge in [0.2, 0.25) is 0 Å². The molecule has 0 spiro atoms. The van der Waals surface area contributed by atoms with Crippen LogP contribution in [-0.4, -0.2) is 62.5 Å². The Morgan fingerprint density at radius 2 is 1.96 bits per heavy atom. The number of para-hydroxylation sites is 1. The molecule has 0 bridgehead atoms. The fourth-order valence-electron chi connectivity index (χ4n) is 2.88. The van der Waals surface area contributed by atoms with Crippen LogP contribution in [0.3, 0.4) is 0 Å². The molecule has 0 saturated carbocycles. The van der Waals surface area contributed by atoms with Crippen molar-refractivity contribution in [2.75, 3.05) is 31.3 Å². The summed E-state index contributed by atoms with van der Waals surface area (Å²) in [6.45, 7) is 2.20. The molecule has 1 unspecified atom stereocenters. The molecule has 1 aromatic carbocycles. The van der Waals surface area contributed by atoms with Gasteiger partial charge in [-0.3, -0.25) is 9.59 Å². The fourth-order valence-corrected chi connectivity index (χ4v) is 4.61. The third-order valence-corrected chi connectivity index (χ3v) is 5.95. The molecule has 1 amide bonds. The van der Waals surface area contributed by atoms with E-state index in [9.17, 15) is 18.0 Å². The Morgan fingerprint density at radius 3 is 2.58 bits per heavy atom. The van der Waals surface area contributed by atoms with Crippen LogP contribution < -0.4 is 4.74 Å². The predicted molar refractivity (Wildman–Crippen MR) is 96.6 cm³/mol. The van der Waals surface area contributed by atoms with Gasteiger partial charge in [0.15, 0.2) is 16.4 Å². The Kier molecular flexibility index (Phi) is 7.44. The van der Waals surface area contributed by atoms with E-state index in [1.54, 1.807) is 6.92 Å². The normalized spacial score (nSPS) is 18.3. The lowest BCUT2D eigenvalue weighted by atomic mass is 10.2. The molecule has 0 N–H and O–H groups in total. The molecule has 8 heteroatoms. The summed E-state index contributed by atoms with van der Waals surface area (Å²) in [5.74, 6) is -0.00487. The average Bonchev–Trinajstić information content (AvgIpc) is 2.98. The Balaban J connectivity index is 1.66. The number of amides is 1. The molecule has 0 aliphatic carbocycles. The lowest BCUT2D eigenvalue weighted by molar-refractivity contribution is -0.152. The van der Waals surface area contributed by atoms with Crippen LogP contribution in [-0.2, 0) is 24.2 Å². The van der Waals surface area contributed by atoms with E-state index in [2.05, 4.69) is 0 Å². The van der Waals surface area contributed by atoms with E-state index >= 15 is 0 Å². The number of nitrogens with zero attached hydrogens (tertiary/aromatic N) is 1. The molecule has 7 nitrogen and oxygen atoms in total. The molecule has 1 atom stereocenters. The summed E-state index contributed by atoms with van der Waals surface area (Å²) in [5.41, 5.74) is 0. The highest BCUT2D eigenvalue weighted by Gasteiger charge is 2.34. The highest BCUT2D eigenvalue weighted by atomic mass is 32.2. The van der Waals surface area contributed by atoms with Crippen molar-refractivity contribution in [2.24, 2.45) is 0 Å². The van der Waals surface area contributed by atoms with E-state index < -0.39 is 15.8 Å². The second-order valence-corrected chi connectivity index (χ2v) is 8.39. The van der Waals surface area contributed by atoms with E-state index in [1.165, 1.54) is 4.90 Å². The van der Waals surface area contributed by atoms with Gasteiger partial charge < -0.3 is 14.4 Å². The van der Waals surface area contributed by atoms with Crippen LogP contribution in [0.5, 0.6) is 5.75 Å². The molecule has 26 heavy (non-hydrogen) atoms. The standard InChI is InChI=1S/C18H25NO6S/c1-2-19(15-10-12-26(22,23)14-15)17(20)13-25-18(21)9-6-11-24-16-7-4-3-5-8-16/h3-5,7-8,15H,2,6,9-14H2,1H3. The van der Waals surface area contributed by atoms with Crippen molar-refractivity contribution in [3.63, 3.8) is 0 Å². The first kappa shape index (κ1) is 20.2. The van der Waals surface area contributed by atoms with Crippen molar-refractivity contribution < 1.29 is 27.5 Å². The Hall–Kier alpha value is -2.09. The van der Waals surface area contributed by atoms with Crippen LogP contribution >= 0.6 is 0 Å². The molecule has 1 fully saturated rings. The molecule has 0 aromatic heterocycles. The molecular formula is C18H25NO6S. The van der Waals surface area contributed by atoms with Gasteiger partial charge >= 0.3 is 5.97 Å². The van der Waals surface area contributed by atoms with Crippen molar-refractivity contribution in [1.29, 1.82) is 0 Å².